The zero-order valence-electron chi connectivity index (χ0n) is 10.3. The summed E-state index contributed by atoms with van der Waals surface area (Å²) in [6.45, 7) is 6.38. The fraction of sp³-hybridized carbons (Fsp3) is 0.400. The predicted octanol–water partition coefficient (Wildman–Crippen LogP) is 5.40. The summed E-state index contributed by atoms with van der Waals surface area (Å²) < 4.78 is 0. The molecule has 0 unspecified atom stereocenters. The molecule has 0 heterocycles. The summed E-state index contributed by atoms with van der Waals surface area (Å²) in [6.07, 6.45) is 5.29. The van der Waals surface area contributed by atoms with Crippen molar-refractivity contribution in [2.75, 3.05) is 0 Å². The normalized spacial score (nSPS) is 9.75. The van der Waals surface area contributed by atoms with Crippen LogP contribution < -0.4 is 0 Å². The SMILES string of the molecule is CCC=C=C(CCC)c1cccc(Cl)c1C. The van der Waals surface area contributed by atoms with Gasteiger partial charge in [0.15, 0.2) is 0 Å². The average molecular weight is 235 g/mol. The number of halogens is 1. The summed E-state index contributed by atoms with van der Waals surface area (Å²) in [5, 5.41) is 0.837. The average Bonchev–Trinajstić information content (AvgIpc) is 2.28. The number of allylic oxidation sites excluding steroid dienone is 1. The van der Waals surface area contributed by atoms with Gasteiger partial charge in [-0.1, -0.05) is 44.0 Å². The molecule has 16 heavy (non-hydrogen) atoms. The number of rotatable bonds is 4. The molecule has 0 fully saturated rings. The van der Waals surface area contributed by atoms with Crippen molar-refractivity contribution in [2.45, 2.75) is 40.0 Å². The molecule has 0 radical (unpaired) electrons. The van der Waals surface area contributed by atoms with Gasteiger partial charge >= 0.3 is 0 Å². The lowest BCUT2D eigenvalue weighted by Crippen LogP contribution is -1.89. The monoisotopic (exact) mass is 234 g/mol. The minimum absolute atomic E-state index is 0.837. The number of hydrogen-bond acceptors (Lipinski definition) is 0. The lowest BCUT2D eigenvalue weighted by atomic mass is 9.97. The van der Waals surface area contributed by atoms with E-state index in [1.54, 1.807) is 0 Å². The van der Waals surface area contributed by atoms with E-state index in [0.29, 0.717) is 0 Å². The van der Waals surface area contributed by atoms with Crippen molar-refractivity contribution >= 4 is 17.2 Å². The Balaban J connectivity index is 3.21. The van der Waals surface area contributed by atoms with Gasteiger partial charge in [0.2, 0.25) is 0 Å². The second-order valence-electron chi connectivity index (χ2n) is 3.90. The first kappa shape index (κ1) is 13.1. The molecule has 0 saturated carbocycles. The van der Waals surface area contributed by atoms with Crippen LogP contribution in [0.25, 0.3) is 5.57 Å². The van der Waals surface area contributed by atoms with Gasteiger partial charge in [0.1, 0.15) is 0 Å². The van der Waals surface area contributed by atoms with Crippen LogP contribution in [-0.2, 0) is 0 Å². The van der Waals surface area contributed by atoms with E-state index < -0.39 is 0 Å². The van der Waals surface area contributed by atoms with Gasteiger partial charge in [0, 0.05) is 10.6 Å². The Morgan fingerprint density at radius 1 is 1.38 bits per heavy atom. The summed E-state index contributed by atoms with van der Waals surface area (Å²) in [6, 6.07) is 6.07. The second-order valence-corrected chi connectivity index (χ2v) is 4.30. The van der Waals surface area contributed by atoms with Crippen molar-refractivity contribution in [2.24, 2.45) is 0 Å². The first-order valence-corrected chi connectivity index (χ1v) is 6.28. The highest BCUT2D eigenvalue weighted by molar-refractivity contribution is 6.31. The standard InChI is InChI=1S/C15H19Cl/c1-4-6-9-13(8-5-2)14-10-7-11-15(16)12(14)3/h6-7,10-11H,4-5,8H2,1-3H3. The predicted molar refractivity (Wildman–Crippen MR) is 72.9 cm³/mol. The third-order valence-corrected chi connectivity index (χ3v) is 2.98. The third-order valence-electron chi connectivity index (χ3n) is 2.57. The molecule has 0 aromatic heterocycles. The molecule has 1 aromatic carbocycles. The highest BCUT2D eigenvalue weighted by atomic mass is 35.5. The Morgan fingerprint density at radius 3 is 2.75 bits per heavy atom. The Morgan fingerprint density at radius 2 is 2.12 bits per heavy atom. The van der Waals surface area contributed by atoms with Crippen LogP contribution in [-0.4, -0.2) is 0 Å². The molecule has 0 bridgehead atoms. The van der Waals surface area contributed by atoms with Crippen molar-refractivity contribution in [1.29, 1.82) is 0 Å². The molecular formula is C15H19Cl. The van der Waals surface area contributed by atoms with E-state index in [-0.39, 0.29) is 0 Å². The largest absolute Gasteiger partial charge is 0.121 e. The van der Waals surface area contributed by atoms with Crippen LogP contribution in [0.15, 0.2) is 30.0 Å². The maximum Gasteiger partial charge on any atom is 0.0441 e. The molecule has 0 N–H and O–H groups in total. The zero-order chi connectivity index (χ0) is 12.0. The van der Waals surface area contributed by atoms with E-state index in [0.717, 1.165) is 29.8 Å². The molecule has 1 rings (SSSR count). The lowest BCUT2D eigenvalue weighted by Gasteiger charge is -2.09. The fourth-order valence-electron chi connectivity index (χ4n) is 1.69. The van der Waals surface area contributed by atoms with Crippen molar-refractivity contribution in [3.63, 3.8) is 0 Å². The van der Waals surface area contributed by atoms with E-state index in [4.69, 9.17) is 11.6 Å². The molecule has 0 nitrogen and oxygen atoms in total. The summed E-state index contributed by atoms with van der Waals surface area (Å²) in [5.41, 5.74) is 7.05. The van der Waals surface area contributed by atoms with E-state index in [1.807, 2.05) is 12.1 Å². The molecule has 86 valence electrons. The number of benzene rings is 1. The minimum atomic E-state index is 0.837. The van der Waals surface area contributed by atoms with Gasteiger partial charge in [-0.3, -0.25) is 0 Å². The summed E-state index contributed by atoms with van der Waals surface area (Å²) in [7, 11) is 0. The minimum Gasteiger partial charge on any atom is -0.121 e. The van der Waals surface area contributed by atoms with Crippen molar-refractivity contribution in [3.8, 4) is 0 Å². The highest BCUT2D eigenvalue weighted by Crippen LogP contribution is 2.27. The molecule has 0 saturated heterocycles. The van der Waals surface area contributed by atoms with Crippen LogP contribution in [0.1, 0.15) is 44.2 Å². The van der Waals surface area contributed by atoms with Crippen LogP contribution >= 0.6 is 11.6 Å². The maximum atomic E-state index is 6.14. The van der Waals surface area contributed by atoms with Crippen molar-refractivity contribution in [3.05, 3.63) is 46.2 Å². The Hall–Kier alpha value is -0.970. The van der Waals surface area contributed by atoms with Gasteiger partial charge in [0.05, 0.1) is 0 Å². The Bertz CT molecular complexity index is 409. The van der Waals surface area contributed by atoms with Gasteiger partial charge in [-0.2, -0.15) is 0 Å². The van der Waals surface area contributed by atoms with Gasteiger partial charge in [0.25, 0.3) is 0 Å². The van der Waals surface area contributed by atoms with Crippen LogP contribution in [0.4, 0.5) is 0 Å². The summed E-state index contributed by atoms with van der Waals surface area (Å²) >= 11 is 6.14. The third kappa shape index (κ3) is 3.27. The van der Waals surface area contributed by atoms with Gasteiger partial charge in [-0.15, -0.1) is 5.73 Å². The summed E-state index contributed by atoms with van der Waals surface area (Å²) in [4.78, 5) is 0. The first-order valence-electron chi connectivity index (χ1n) is 5.90. The highest BCUT2D eigenvalue weighted by Gasteiger charge is 2.05. The lowest BCUT2D eigenvalue weighted by molar-refractivity contribution is 0.972. The molecule has 1 heteroatoms. The fourth-order valence-corrected chi connectivity index (χ4v) is 1.87. The maximum absolute atomic E-state index is 6.14. The molecule has 1 aromatic rings. The quantitative estimate of drug-likeness (QED) is 0.612. The van der Waals surface area contributed by atoms with Gasteiger partial charge in [-0.25, -0.2) is 0 Å². The van der Waals surface area contributed by atoms with Gasteiger partial charge < -0.3 is 0 Å². The van der Waals surface area contributed by atoms with E-state index in [9.17, 15) is 0 Å². The van der Waals surface area contributed by atoms with Crippen LogP contribution in [0, 0.1) is 6.92 Å². The molecule has 0 atom stereocenters. The van der Waals surface area contributed by atoms with Crippen LogP contribution in [0.3, 0.4) is 0 Å². The van der Waals surface area contributed by atoms with Gasteiger partial charge in [-0.05, 0) is 43.0 Å². The first-order chi connectivity index (χ1) is 7.70. The second kappa shape index (κ2) is 6.58. The van der Waals surface area contributed by atoms with Crippen LogP contribution in [0.2, 0.25) is 5.02 Å². The molecular weight excluding hydrogens is 216 g/mol. The molecule has 0 spiro atoms. The van der Waals surface area contributed by atoms with E-state index >= 15 is 0 Å². The molecule has 0 aliphatic carbocycles. The zero-order valence-corrected chi connectivity index (χ0v) is 11.1. The smallest absolute Gasteiger partial charge is 0.0441 e. The Labute approximate surface area is 104 Å². The van der Waals surface area contributed by atoms with E-state index in [1.165, 1.54) is 11.1 Å². The molecule has 0 amide bonds. The summed E-state index contributed by atoms with van der Waals surface area (Å²) in [5.74, 6) is 0. The Kier molecular flexibility index (Phi) is 5.38. The topological polar surface area (TPSA) is 0 Å². The molecule has 0 aliphatic heterocycles. The molecule has 0 aliphatic rings. The van der Waals surface area contributed by atoms with Crippen molar-refractivity contribution in [1.82, 2.24) is 0 Å². The van der Waals surface area contributed by atoms with Crippen LogP contribution in [0.5, 0.6) is 0 Å². The van der Waals surface area contributed by atoms with E-state index in [2.05, 4.69) is 38.6 Å². The van der Waals surface area contributed by atoms with Crippen molar-refractivity contribution < 1.29 is 0 Å². The number of hydrogen-bond donors (Lipinski definition) is 0.